The van der Waals surface area contributed by atoms with Gasteiger partial charge >= 0.3 is 12.6 Å². The van der Waals surface area contributed by atoms with E-state index in [1.807, 2.05) is 19.0 Å². The van der Waals surface area contributed by atoms with Crippen LogP contribution >= 0.6 is 11.6 Å². The Labute approximate surface area is 245 Å². The Morgan fingerprint density at radius 1 is 1.07 bits per heavy atom. The van der Waals surface area contributed by atoms with Crippen molar-refractivity contribution in [2.45, 2.75) is 48.3 Å². The minimum Gasteiger partial charge on any atom is -0.369 e. The number of aromatic nitrogens is 2. The first-order valence-electron chi connectivity index (χ1n) is 12.7. The lowest BCUT2D eigenvalue weighted by atomic mass is 9.77. The number of halogens is 5. The highest BCUT2D eigenvalue weighted by Crippen LogP contribution is 2.41. The highest BCUT2D eigenvalue weighted by molar-refractivity contribution is 7.92. The number of hydrogen-bond donors (Lipinski definition) is 0. The number of benzene rings is 2. The van der Waals surface area contributed by atoms with Gasteiger partial charge in [0, 0.05) is 37.5 Å². The van der Waals surface area contributed by atoms with E-state index >= 15 is 4.39 Å². The molecule has 1 aliphatic carbocycles. The molecular weight excluding hydrogens is 602 g/mol. The van der Waals surface area contributed by atoms with Crippen LogP contribution in [-0.4, -0.2) is 63.0 Å². The van der Waals surface area contributed by atoms with Crippen molar-refractivity contribution < 1.29 is 35.6 Å². The monoisotopic (exact) mass is 629 g/mol. The summed E-state index contributed by atoms with van der Waals surface area (Å²) < 4.78 is 82.1. The van der Waals surface area contributed by atoms with Crippen LogP contribution in [0.5, 0.6) is 0 Å². The fourth-order valence-electron chi connectivity index (χ4n) is 5.33. The summed E-state index contributed by atoms with van der Waals surface area (Å²) in [6.45, 7) is -0.140. The van der Waals surface area contributed by atoms with Crippen LogP contribution in [0.25, 0.3) is 0 Å². The van der Waals surface area contributed by atoms with Crippen molar-refractivity contribution in [2.75, 3.05) is 30.5 Å². The molecule has 1 aliphatic rings. The molecule has 3 aromatic rings. The molecule has 0 bridgehead atoms. The third kappa shape index (κ3) is 6.45. The van der Waals surface area contributed by atoms with Gasteiger partial charge in [0.1, 0.15) is 17.0 Å². The normalized spacial score (nSPS) is 19.4. The highest BCUT2D eigenvalue weighted by Gasteiger charge is 2.38. The number of sulfonamides is 1. The van der Waals surface area contributed by atoms with Gasteiger partial charge in [0.05, 0.1) is 16.3 Å². The van der Waals surface area contributed by atoms with Crippen molar-refractivity contribution in [2.24, 2.45) is 0 Å². The Morgan fingerprint density at radius 3 is 2.43 bits per heavy atom. The van der Waals surface area contributed by atoms with Crippen LogP contribution in [0.2, 0.25) is 5.02 Å². The number of carbonyl (C=O) groups excluding carboxylic acids is 1. The molecule has 0 saturated heterocycles. The largest absolute Gasteiger partial charge is 0.416 e. The van der Waals surface area contributed by atoms with Gasteiger partial charge in [0.15, 0.2) is 5.82 Å². The Hall–Kier alpha value is -3.49. The van der Waals surface area contributed by atoms with Crippen LogP contribution < -0.4 is 9.37 Å². The quantitative estimate of drug-likeness (QED) is 0.179. The molecule has 4 rings (SSSR count). The van der Waals surface area contributed by atoms with Gasteiger partial charge in [-0.1, -0.05) is 34.3 Å². The zero-order chi connectivity index (χ0) is 30.8. The molecule has 9 nitrogen and oxygen atoms in total. The summed E-state index contributed by atoms with van der Waals surface area (Å²) in [5, 5.41) is -0.0799. The van der Waals surface area contributed by atoms with Crippen LogP contribution in [-0.2, 0) is 25.8 Å². The van der Waals surface area contributed by atoms with E-state index in [2.05, 4.69) is 14.8 Å². The lowest BCUT2D eigenvalue weighted by Gasteiger charge is -2.45. The van der Waals surface area contributed by atoms with Gasteiger partial charge in [-0.3, -0.25) is 4.79 Å². The minimum absolute atomic E-state index is 0.0799. The average molecular weight is 630 g/mol. The first-order chi connectivity index (χ1) is 19.8. The summed E-state index contributed by atoms with van der Waals surface area (Å²) in [5.41, 5.74) is 0.115. The van der Waals surface area contributed by atoms with Crippen molar-refractivity contribution in [3.05, 3.63) is 77.0 Å². The summed E-state index contributed by atoms with van der Waals surface area (Å²) in [6.07, 6.45) is -0.552. The van der Waals surface area contributed by atoms with E-state index < -0.39 is 32.5 Å². The van der Waals surface area contributed by atoms with Gasteiger partial charge in [-0.25, -0.2) is 14.4 Å². The van der Waals surface area contributed by atoms with Crippen LogP contribution in [0.15, 0.2) is 59.9 Å². The molecule has 0 N–H and O–H groups in total. The summed E-state index contributed by atoms with van der Waals surface area (Å²) in [7, 11) is 0.616. The molecule has 15 heteroatoms. The predicted molar refractivity (Wildman–Crippen MR) is 148 cm³/mol. The van der Waals surface area contributed by atoms with Crippen molar-refractivity contribution in [1.29, 1.82) is 0 Å². The molecule has 0 radical (unpaired) electrons. The van der Waals surface area contributed by atoms with Gasteiger partial charge in [0.2, 0.25) is 0 Å². The van der Waals surface area contributed by atoms with E-state index in [1.54, 1.807) is 18.0 Å². The summed E-state index contributed by atoms with van der Waals surface area (Å²) >= 11 is 6.51. The van der Waals surface area contributed by atoms with E-state index in [-0.39, 0.29) is 45.5 Å². The van der Waals surface area contributed by atoms with E-state index in [9.17, 15) is 26.4 Å². The van der Waals surface area contributed by atoms with Crippen LogP contribution in [0.3, 0.4) is 0 Å². The average Bonchev–Trinajstić information content (AvgIpc) is 2.96. The number of anilines is 2. The smallest absolute Gasteiger partial charge is 0.369 e. The molecule has 0 amide bonds. The maximum atomic E-state index is 15.5. The van der Waals surface area contributed by atoms with Crippen molar-refractivity contribution in [3.8, 4) is 0 Å². The maximum Gasteiger partial charge on any atom is 0.416 e. The van der Waals surface area contributed by atoms with Gasteiger partial charge in [-0.2, -0.15) is 21.6 Å². The molecule has 1 aromatic heterocycles. The van der Waals surface area contributed by atoms with E-state index in [1.165, 1.54) is 18.3 Å². The molecule has 1 saturated carbocycles. The Balaban J connectivity index is 1.62. The lowest BCUT2D eigenvalue weighted by Crippen LogP contribution is -2.51. The number of hydrogen-bond acceptors (Lipinski definition) is 8. The zero-order valence-corrected chi connectivity index (χ0v) is 24.4. The van der Waals surface area contributed by atoms with Crippen molar-refractivity contribution in [1.82, 2.24) is 14.9 Å². The standard InChI is InChI=1S/C27H28ClF4N5O4S/c1-35(2)24-12-18(17-5-4-6-19(11-17)27(30,31)32)7-8-22(24)36(3)23-14-21(29)25(13-20(23)28)42(39,40)37(41-16-38)26-9-10-33-15-34-26/h4-6,9-11,13-16,18,22,24H,7-8,12H2,1-3H3/t18-,22-,24-/m0/s1. The van der Waals surface area contributed by atoms with Crippen LogP contribution in [0.4, 0.5) is 29.1 Å². The number of rotatable bonds is 9. The first-order valence-corrected chi connectivity index (χ1v) is 14.5. The van der Waals surface area contributed by atoms with Crippen molar-refractivity contribution in [3.63, 3.8) is 0 Å². The minimum atomic E-state index is -4.79. The molecule has 0 spiro atoms. The third-order valence-electron chi connectivity index (χ3n) is 7.40. The molecule has 2 aromatic carbocycles. The second-order valence-corrected chi connectivity index (χ2v) is 12.2. The van der Waals surface area contributed by atoms with E-state index in [0.717, 1.165) is 30.6 Å². The molecule has 1 heterocycles. The topological polar surface area (TPSA) is 95.9 Å². The molecule has 3 atom stereocenters. The molecule has 0 unspecified atom stereocenters. The SMILES string of the molecule is CN(C)[C@H]1C[C@@H](c2cccc(C(F)(F)F)c2)CC[C@@H]1N(C)c1cc(F)c(S(=O)(=O)N(OC=O)c2ccncn2)cc1Cl. The van der Waals surface area contributed by atoms with Crippen molar-refractivity contribution >= 4 is 39.6 Å². The third-order valence-corrected chi connectivity index (χ3v) is 9.28. The summed E-state index contributed by atoms with van der Waals surface area (Å²) in [4.78, 5) is 25.9. The summed E-state index contributed by atoms with van der Waals surface area (Å²) in [5.74, 6) is -1.61. The number of carbonyl (C=O) groups is 1. The van der Waals surface area contributed by atoms with Crippen LogP contribution in [0.1, 0.15) is 36.3 Å². The maximum absolute atomic E-state index is 15.5. The van der Waals surface area contributed by atoms with E-state index in [4.69, 9.17) is 11.6 Å². The Morgan fingerprint density at radius 2 is 1.81 bits per heavy atom. The molecule has 42 heavy (non-hydrogen) atoms. The molecular formula is C27H28ClF4N5O4S. The number of alkyl halides is 3. The van der Waals surface area contributed by atoms with E-state index in [0.29, 0.717) is 24.8 Å². The Bertz CT molecular complexity index is 1530. The van der Waals surface area contributed by atoms with Crippen LogP contribution in [0, 0.1) is 5.82 Å². The van der Waals surface area contributed by atoms with Gasteiger partial charge < -0.3 is 14.6 Å². The van der Waals surface area contributed by atoms with Gasteiger partial charge in [-0.15, -0.1) is 0 Å². The second-order valence-electron chi connectivity index (χ2n) is 10.1. The predicted octanol–water partition coefficient (Wildman–Crippen LogP) is 5.27. The molecule has 226 valence electrons. The highest BCUT2D eigenvalue weighted by atomic mass is 35.5. The van der Waals surface area contributed by atoms with Gasteiger partial charge in [-0.05, 0) is 57.0 Å². The lowest BCUT2D eigenvalue weighted by molar-refractivity contribution is -0.137. The first kappa shape index (κ1) is 31.4. The summed E-state index contributed by atoms with van der Waals surface area (Å²) in [6, 6.07) is 8.03. The Kier molecular flexibility index (Phi) is 9.28. The zero-order valence-electron chi connectivity index (χ0n) is 22.8. The molecule has 1 fully saturated rings. The fraction of sp³-hybridized carbons (Fsp3) is 0.370. The second kappa shape index (κ2) is 12.4. The number of nitrogens with zero attached hydrogens (tertiary/aromatic N) is 5. The fourth-order valence-corrected chi connectivity index (χ4v) is 6.94. The van der Waals surface area contributed by atoms with Gasteiger partial charge in [0.25, 0.3) is 10.0 Å². The number of likely N-dealkylation sites (N-methyl/N-ethyl adjacent to an activating group) is 2. The molecule has 0 aliphatic heterocycles.